The summed E-state index contributed by atoms with van der Waals surface area (Å²) < 4.78 is 18.4. The Kier molecular flexibility index (Phi) is 4.84. The minimum Gasteiger partial charge on any atom is -0.462 e. The maximum atomic E-state index is 13.3. The molecule has 1 rings (SSSR count). The predicted octanol–water partition coefficient (Wildman–Crippen LogP) is 2.46. The SMILES string of the molecule is C[C@@H](CC(C)(C)O)OC(=O)Cc1ccccc1F. The topological polar surface area (TPSA) is 46.5 Å². The zero-order valence-electron chi connectivity index (χ0n) is 10.9. The van der Waals surface area contributed by atoms with Crippen molar-refractivity contribution in [2.24, 2.45) is 0 Å². The molecule has 0 unspecified atom stereocenters. The lowest BCUT2D eigenvalue weighted by atomic mass is 10.0. The molecule has 0 spiro atoms. The van der Waals surface area contributed by atoms with E-state index in [9.17, 15) is 14.3 Å². The molecular formula is C14H19FO3. The van der Waals surface area contributed by atoms with Crippen molar-refractivity contribution >= 4 is 5.97 Å². The van der Waals surface area contributed by atoms with Crippen molar-refractivity contribution in [1.29, 1.82) is 0 Å². The highest BCUT2D eigenvalue weighted by molar-refractivity contribution is 5.72. The molecule has 0 saturated carbocycles. The largest absolute Gasteiger partial charge is 0.462 e. The van der Waals surface area contributed by atoms with Crippen molar-refractivity contribution in [2.75, 3.05) is 0 Å². The molecule has 18 heavy (non-hydrogen) atoms. The van der Waals surface area contributed by atoms with Gasteiger partial charge in [-0.25, -0.2) is 4.39 Å². The normalized spacial score (nSPS) is 13.2. The summed E-state index contributed by atoms with van der Waals surface area (Å²) in [5.41, 5.74) is -0.574. The Morgan fingerprint density at radius 2 is 2.06 bits per heavy atom. The van der Waals surface area contributed by atoms with Crippen molar-refractivity contribution in [3.63, 3.8) is 0 Å². The van der Waals surface area contributed by atoms with E-state index in [0.29, 0.717) is 12.0 Å². The smallest absolute Gasteiger partial charge is 0.310 e. The third-order valence-corrected chi connectivity index (χ3v) is 2.41. The standard InChI is InChI=1S/C14H19FO3/c1-10(9-14(2,3)17)18-13(16)8-11-6-4-5-7-12(11)15/h4-7,10,17H,8-9H2,1-3H3/t10-/m0/s1. The quantitative estimate of drug-likeness (QED) is 0.821. The Bertz CT molecular complexity index is 410. The molecule has 0 heterocycles. The van der Waals surface area contributed by atoms with E-state index in [1.165, 1.54) is 6.07 Å². The summed E-state index contributed by atoms with van der Waals surface area (Å²) in [6, 6.07) is 6.10. The first-order valence-corrected chi connectivity index (χ1v) is 5.93. The second-order valence-electron chi connectivity index (χ2n) is 5.09. The van der Waals surface area contributed by atoms with Gasteiger partial charge in [-0.2, -0.15) is 0 Å². The number of hydrogen-bond donors (Lipinski definition) is 1. The molecule has 3 nitrogen and oxygen atoms in total. The molecular weight excluding hydrogens is 235 g/mol. The monoisotopic (exact) mass is 254 g/mol. The molecule has 4 heteroatoms. The lowest BCUT2D eigenvalue weighted by Gasteiger charge is -2.22. The highest BCUT2D eigenvalue weighted by Crippen LogP contribution is 2.14. The van der Waals surface area contributed by atoms with Gasteiger partial charge in [0.25, 0.3) is 0 Å². The van der Waals surface area contributed by atoms with E-state index in [0.717, 1.165) is 0 Å². The number of ether oxygens (including phenoxy) is 1. The fraction of sp³-hybridized carbons (Fsp3) is 0.500. The summed E-state index contributed by atoms with van der Waals surface area (Å²) in [7, 11) is 0. The van der Waals surface area contributed by atoms with Crippen LogP contribution >= 0.6 is 0 Å². The second-order valence-corrected chi connectivity index (χ2v) is 5.09. The van der Waals surface area contributed by atoms with Crippen LogP contribution in [0.15, 0.2) is 24.3 Å². The molecule has 0 radical (unpaired) electrons. The summed E-state index contributed by atoms with van der Waals surface area (Å²) in [5, 5.41) is 9.58. The molecule has 1 N–H and O–H groups in total. The first kappa shape index (κ1) is 14.6. The Morgan fingerprint density at radius 1 is 1.44 bits per heavy atom. The molecule has 0 aliphatic carbocycles. The molecule has 0 aliphatic heterocycles. The predicted molar refractivity (Wildman–Crippen MR) is 66.6 cm³/mol. The van der Waals surface area contributed by atoms with Crippen molar-refractivity contribution in [1.82, 2.24) is 0 Å². The maximum Gasteiger partial charge on any atom is 0.310 e. The summed E-state index contributed by atoms with van der Waals surface area (Å²) in [6.07, 6.45) is -0.150. The number of carbonyl (C=O) groups is 1. The molecule has 100 valence electrons. The molecule has 0 bridgehead atoms. The maximum absolute atomic E-state index is 13.3. The minimum atomic E-state index is -0.891. The van der Waals surface area contributed by atoms with Gasteiger partial charge in [0.1, 0.15) is 11.9 Å². The number of halogens is 1. The summed E-state index contributed by atoms with van der Waals surface area (Å²) >= 11 is 0. The Morgan fingerprint density at radius 3 is 2.61 bits per heavy atom. The summed E-state index contributed by atoms with van der Waals surface area (Å²) in [5.74, 6) is -0.901. The highest BCUT2D eigenvalue weighted by Gasteiger charge is 2.20. The first-order valence-electron chi connectivity index (χ1n) is 5.93. The minimum absolute atomic E-state index is 0.0944. The molecule has 0 fully saturated rings. The van der Waals surface area contributed by atoms with Gasteiger partial charge in [-0.3, -0.25) is 4.79 Å². The Hall–Kier alpha value is -1.42. The number of esters is 1. The van der Waals surface area contributed by atoms with E-state index in [-0.39, 0.29) is 6.42 Å². The van der Waals surface area contributed by atoms with Gasteiger partial charge in [0.15, 0.2) is 0 Å². The van der Waals surface area contributed by atoms with Crippen molar-refractivity contribution < 1.29 is 19.0 Å². The number of hydrogen-bond acceptors (Lipinski definition) is 3. The lowest BCUT2D eigenvalue weighted by Crippen LogP contribution is -2.28. The molecule has 1 aromatic carbocycles. The molecule has 0 saturated heterocycles. The van der Waals surface area contributed by atoms with Gasteiger partial charge in [0.05, 0.1) is 12.0 Å². The molecule has 1 atom stereocenters. The zero-order chi connectivity index (χ0) is 13.8. The van der Waals surface area contributed by atoms with Crippen LogP contribution in [0.4, 0.5) is 4.39 Å². The van der Waals surface area contributed by atoms with E-state index in [1.807, 2.05) is 0 Å². The van der Waals surface area contributed by atoms with Crippen LogP contribution in [0.2, 0.25) is 0 Å². The summed E-state index contributed by atoms with van der Waals surface area (Å²) in [4.78, 5) is 11.6. The van der Waals surface area contributed by atoms with E-state index in [1.54, 1.807) is 39.0 Å². The first-order chi connectivity index (χ1) is 8.28. The third kappa shape index (κ3) is 5.27. The van der Waals surface area contributed by atoms with Crippen LogP contribution in [0, 0.1) is 5.82 Å². The van der Waals surface area contributed by atoms with Crippen LogP contribution < -0.4 is 0 Å². The average molecular weight is 254 g/mol. The van der Waals surface area contributed by atoms with Crippen LogP contribution in [0.3, 0.4) is 0 Å². The van der Waals surface area contributed by atoms with E-state index in [2.05, 4.69) is 0 Å². The zero-order valence-corrected chi connectivity index (χ0v) is 10.9. The van der Waals surface area contributed by atoms with Gasteiger partial charge >= 0.3 is 5.97 Å². The fourth-order valence-electron chi connectivity index (χ4n) is 1.81. The van der Waals surface area contributed by atoms with Crippen LogP contribution in [-0.2, 0) is 16.0 Å². The van der Waals surface area contributed by atoms with Gasteiger partial charge in [-0.1, -0.05) is 18.2 Å². The van der Waals surface area contributed by atoms with Gasteiger partial charge in [0.2, 0.25) is 0 Å². The average Bonchev–Trinajstić information content (AvgIpc) is 2.18. The van der Waals surface area contributed by atoms with Crippen molar-refractivity contribution in [3.05, 3.63) is 35.6 Å². The number of carbonyl (C=O) groups excluding carboxylic acids is 1. The number of aliphatic hydroxyl groups is 1. The Balaban J connectivity index is 2.50. The second kappa shape index (κ2) is 5.96. The van der Waals surface area contributed by atoms with Crippen molar-refractivity contribution in [2.45, 2.75) is 45.3 Å². The lowest BCUT2D eigenvalue weighted by molar-refractivity contribution is -0.149. The van der Waals surface area contributed by atoms with E-state index >= 15 is 0 Å². The van der Waals surface area contributed by atoms with Gasteiger partial charge < -0.3 is 9.84 Å². The highest BCUT2D eigenvalue weighted by atomic mass is 19.1. The molecule has 1 aromatic rings. The van der Waals surface area contributed by atoms with Gasteiger partial charge in [0, 0.05) is 6.42 Å². The third-order valence-electron chi connectivity index (χ3n) is 2.41. The summed E-state index contributed by atoms with van der Waals surface area (Å²) in [6.45, 7) is 5.00. The van der Waals surface area contributed by atoms with E-state index in [4.69, 9.17) is 4.74 Å². The Labute approximate surface area is 107 Å². The number of benzene rings is 1. The van der Waals surface area contributed by atoms with E-state index < -0.39 is 23.5 Å². The van der Waals surface area contributed by atoms with Crippen LogP contribution in [0.5, 0.6) is 0 Å². The van der Waals surface area contributed by atoms with Crippen LogP contribution in [0.25, 0.3) is 0 Å². The van der Waals surface area contributed by atoms with Crippen LogP contribution in [-0.4, -0.2) is 22.8 Å². The number of rotatable bonds is 5. The van der Waals surface area contributed by atoms with Crippen molar-refractivity contribution in [3.8, 4) is 0 Å². The fourth-order valence-corrected chi connectivity index (χ4v) is 1.81. The molecule has 0 amide bonds. The molecule has 0 aromatic heterocycles. The van der Waals surface area contributed by atoms with Gasteiger partial charge in [-0.15, -0.1) is 0 Å². The van der Waals surface area contributed by atoms with Crippen LogP contribution in [0.1, 0.15) is 32.8 Å². The van der Waals surface area contributed by atoms with Gasteiger partial charge in [-0.05, 0) is 32.4 Å². The molecule has 0 aliphatic rings.